The Morgan fingerprint density at radius 2 is 2.50 bits per heavy atom. The molecular formula is C8H17N3O. The number of guanidine groups is 1. The lowest BCUT2D eigenvalue weighted by atomic mass is 10.2. The van der Waals surface area contributed by atoms with E-state index in [1.807, 2.05) is 14.0 Å². The number of likely N-dealkylation sites (N-methyl/N-ethyl adjacent to an activating group) is 1. The summed E-state index contributed by atoms with van der Waals surface area (Å²) >= 11 is 0. The Kier molecular flexibility index (Phi) is 3.34. The van der Waals surface area contributed by atoms with Crippen LogP contribution in [0.1, 0.15) is 13.3 Å². The van der Waals surface area contributed by atoms with Crippen molar-refractivity contribution in [2.24, 2.45) is 4.99 Å². The van der Waals surface area contributed by atoms with Gasteiger partial charge in [-0.25, -0.2) is 0 Å². The Hall–Kier alpha value is -0.770. The van der Waals surface area contributed by atoms with Crippen LogP contribution in [0.2, 0.25) is 0 Å². The number of aliphatic imine (C=N–C) groups is 1. The molecule has 0 aromatic heterocycles. The second-order valence-electron chi connectivity index (χ2n) is 3.06. The second kappa shape index (κ2) is 4.30. The monoisotopic (exact) mass is 171 g/mol. The Morgan fingerprint density at radius 1 is 1.75 bits per heavy atom. The summed E-state index contributed by atoms with van der Waals surface area (Å²) in [7, 11) is 2.00. The van der Waals surface area contributed by atoms with Crippen molar-refractivity contribution in [3.8, 4) is 0 Å². The second-order valence-corrected chi connectivity index (χ2v) is 3.06. The Bertz CT molecular complexity index is 166. The molecule has 70 valence electrons. The standard InChI is InChI=1S/C8H17N3O/c1-3-7(6-12)10-8-9-4-5-11(8)2/h7,12H,3-6H2,1-2H3,(H,9,10)/t7-/m1/s1. The van der Waals surface area contributed by atoms with Gasteiger partial charge in [-0.15, -0.1) is 0 Å². The molecule has 4 nitrogen and oxygen atoms in total. The van der Waals surface area contributed by atoms with Crippen LogP contribution in [0.5, 0.6) is 0 Å². The van der Waals surface area contributed by atoms with Crippen molar-refractivity contribution in [1.82, 2.24) is 10.2 Å². The molecule has 0 aromatic carbocycles. The molecular weight excluding hydrogens is 154 g/mol. The maximum absolute atomic E-state index is 8.94. The van der Waals surface area contributed by atoms with Gasteiger partial charge in [0.15, 0.2) is 5.96 Å². The van der Waals surface area contributed by atoms with E-state index in [-0.39, 0.29) is 12.6 Å². The molecule has 0 fully saturated rings. The van der Waals surface area contributed by atoms with Crippen LogP contribution in [0, 0.1) is 0 Å². The molecule has 0 radical (unpaired) electrons. The molecule has 0 saturated carbocycles. The van der Waals surface area contributed by atoms with Crippen LogP contribution >= 0.6 is 0 Å². The first-order chi connectivity index (χ1) is 5.77. The minimum atomic E-state index is 0.143. The zero-order valence-corrected chi connectivity index (χ0v) is 7.75. The SMILES string of the molecule is CC[C@H](CO)NC1=NCCN1C. The summed E-state index contributed by atoms with van der Waals surface area (Å²) < 4.78 is 0. The van der Waals surface area contributed by atoms with Gasteiger partial charge in [-0.2, -0.15) is 0 Å². The molecule has 0 amide bonds. The van der Waals surface area contributed by atoms with Crippen molar-refractivity contribution in [1.29, 1.82) is 0 Å². The summed E-state index contributed by atoms with van der Waals surface area (Å²) in [6.45, 7) is 4.05. The van der Waals surface area contributed by atoms with E-state index in [1.165, 1.54) is 0 Å². The third-order valence-corrected chi connectivity index (χ3v) is 2.10. The van der Waals surface area contributed by atoms with Crippen molar-refractivity contribution in [2.75, 3.05) is 26.7 Å². The number of hydrogen-bond acceptors (Lipinski definition) is 4. The molecule has 1 aliphatic heterocycles. The molecule has 1 heterocycles. The van der Waals surface area contributed by atoms with E-state index in [1.54, 1.807) is 0 Å². The highest BCUT2D eigenvalue weighted by molar-refractivity contribution is 5.81. The first-order valence-electron chi connectivity index (χ1n) is 4.41. The average Bonchev–Trinajstić information content (AvgIpc) is 2.47. The average molecular weight is 171 g/mol. The van der Waals surface area contributed by atoms with Crippen LogP contribution in [0.3, 0.4) is 0 Å². The van der Waals surface area contributed by atoms with Crippen LogP contribution in [-0.4, -0.2) is 48.8 Å². The van der Waals surface area contributed by atoms with E-state index in [2.05, 4.69) is 15.2 Å². The van der Waals surface area contributed by atoms with Gasteiger partial charge in [0.2, 0.25) is 0 Å². The van der Waals surface area contributed by atoms with E-state index < -0.39 is 0 Å². The van der Waals surface area contributed by atoms with Gasteiger partial charge in [-0.05, 0) is 6.42 Å². The number of rotatable bonds is 3. The molecule has 2 N–H and O–H groups in total. The Labute approximate surface area is 73.3 Å². The predicted molar refractivity (Wildman–Crippen MR) is 49.2 cm³/mol. The van der Waals surface area contributed by atoms with Gasteiger partial charge in [0.25, 0.3) is 0 Å². The maximum Gasteiger partial charge on any atom is 0.194 e. The fourth-order valence-electron chi connectivity index (χ4n) is 1.15. The zero-order chi connectivity index (χ0) is 8.97. The summed E-state index contributed by atoms with van der Waals surface area (Å²) in [5.74, 6) is 0.913. The lowest BCUT2D eigenvalue weighted by Crippen LogP contribution is -2.43. The highest BCUT2D eigenvalue weighted by Crippen LogP contribution is 1.98. The largest absolute Gasteiger partial charge is 0.394 e. The predicted octanol–water partition coefficient (Wildman–Crippen LogP) is -0.352. The maximum atomic E-state index is 8.94. The first-order valence-corrected chi connectivity index (χ1v) is 4.41. The third kappa shape index (κ3) is 2.11. The fraction of sp³-hybridized carbons (Fsp3) is 0.875. The summed E-state index contributed by atoms with van der Waals surface area (Å²) in [5.41, 5.74) is 0. The number of nitrogens with zero attached hydrogens (tertiary/aromatic N) is 2. The highest BCUT2D eigenvalue weighted by atomic mass is 16.3. The molecule has 4 heteroatoms. The van der Waals surface area contributed by atoms with Crippen molar-refractivity contribution in [3.63, 3.8) is 0 Å². The zero-order valence-electron chi connectivity index (χ0n) is 7.75. The summed E-state index contributed by atoms with van der Waals surface area (Å²) in [6.07, 6.45) is 0.920. The van der Waals surface area contributed by atoms with Crippen LogP contribution in [0.4, 0.5) is 0 Å². The molecule has 1 rings (SSSR count). The molecule has 1 atom stereocenters. The van der Waals surface area contributed by atoms with Crippen molar-refractivity contribution in [2.45, 2.75) is 19.4 Å². The number of aliphatic hydroxyl groups is 1. The molecule has 0 unspecified atom stereocenters. The lowest BCUT2D eigenvalue weighted by Gasteiger charge is -2.20. The molecule has 0 aliphatic carbocycles. The molecule has 0 spiro atoms. The summed E-state index contributed by atoms with van der Waals surface area (Å²) in [4.78, 5) is 6.34. The number of aliphatic hydroxyl groups excluding tert-OH is 1. The van der Waals surface area contributed by atoms with E-state index in [0.717, 1.165) is 25.5 Å². The minimum Gasteiger partial charge on any atom is -0.394 e. The van der Waals surface area contributed by atoms with Crippen LogP contribution < -0.4 is 5.32 Å². The smallest absolute Gasteiger partial charge is 0.194 e. The molecule has 0 saturated heterocycles. The van der Waals surface area contributed by atoms with Gasteiger partial charge in [0, 0.05) is 13.6 Å². The van der Waals surface area contributed by atoms with Gasteiger partial charge < -0.3 is 15.3 Å². The van der Waals surface area contributed by atoms with E-state index >= 15 is 0 Å². The Morgan fingerprint density at radius 3 is 2.92 bits per heavy atom. The highest BCUT2D eigenvalue weighted by Gasteiger charge is 2.14. The number of nitrogens with one attached hydrogen (secondary N) is 1. The summed E-state index contributed by atoms with van der Waals surface area (Å²) in [6, 6.07) is 0.143. The number of hydrogen-bond donors (Lipinski definition) is 2. The molecule has 1 aliphatic rings. The minimum absolute atomic E-state index is 0.143. The quantitative estimate of drug-likeness (QED) is 0.610. The first kappa shape index (κ1) is 9.32. The van der Waals surface area contributed by atoms with E-state index in [0.29, 0.717) is 0 Å². The van der Waals surface area contributed by atoms with E-state index in [4.69, 9.17) is 5.11 Å². The van der Waals surface area contributed by atoms with E-state index in [9.17, 15) is 0 Å². The van der Waals surface area contributed by atoms with Crippen molar-refractivity contribution in [3.05, 3.63) is 0 Å². The molecule has 12 heavy (non-hydrogen) atoms. The normalized spacial score (nSPS) is 19.2. The van der Waals surface area contributed by atoms with Gasteiger partial charge >= 0.3 is 0 Å². The molecule has 0 bridgehead atoms. The van der Waals surface area contributed by atoms with Gasteiger partial charge in [0.1, 0.15) is 0 Å². The van der Waals surface area contributed by atoms with Crippen LogP contribution in [0.25, 0.3) is 0 Å². The van der Waals surface area contributed by atoms with Crippen LogP contribution in [0.15, 0.2) is 4.99 Å². The van der Waals surface area contributed by atoms with Crippen LogP contribution in [-0.2, 0) is 0 Å². The van der Waals surface area contributed by atoms with Gasteiger partial charge in [-0.1, -0.05) is 6.92 Å². The topological polar surface area (TPSA) is 47.9 Å². The summed E-state index contributed by atoms with van der Waals surface area (Å²) in [5, 5.41) is 12.1. The van der Waals surface area contributed by atoms with Crippen molar-refractivity contribution < 1.29 is 5.11 Å². The lowest BCUT2D eigenvalue weighted by molar-refractivity contribution is 0.250. The molecule has 0 aromatic rings. The third-order valence-electron chi connectivity index (χ3n) is 2.10. The fourth-order valence-corrected chi connectivity index (χ4v) is 1.15. The van der Waals surface area contributed by atoms with Crippen molar-refractivity contribution >= 4 is 5.96 Å². The van der Waals surface area contributed by atoms with Gasteiger partial charge in [0.05, 0.1) is 19.2 Å². The van der Waals surface area contributed by atoms with Gasteiger partial charge in [-0.3, -0.25) is 4.99 Å². The Balaban J connectivity index is 2.38.